The zero-order valence-corrected chi connectivity index (χ0v) is 12.5. The van der Waals surface area contributed by atoms with Crippen LogP contribution >= 0.6 is 0 Å². The number of carbonyl (C=O) groups excluding carboxylic acids is 1. The van der Waals surface area contributed by atoms with E-state index in [4.69, 9.17) is 9.84 Å². The van der Waals surface area contributed by atoms with Crippen LogP contribution in [0.5, 0.6) is 5.75 Å². The van der Waals surface area contributed by atoms with Crippen molar-refractivity contribution in [1.82, 2.24) is 4.90 Å². The number of hydrogen-bond acceptors (Lipinski definition) is 3. The van der Waals surface area contributed by atoms with Crippen LogP contribution < -0.4 is 4.74 Å². The van der Waals surface area contributed by atoms with Crippen LogP contribution in [0.3, 0.4) is 0 Å². The van der Waals surface area contributed by atoms with E-state index in [1.807, 2.05) is 42.5 Å². The van der Waals surface area contributed by atoms with Gasteiger partial charge in [-0.15, -0.1) is 0 Å². The van der Waals surface area contributed by atoms with Crippen molar-refractivity contribution in [3.05, 3.63) is 54.1 Å². The molecule has 1 N–H and O–H groups in total. The van der Waals surface area contributed by atoms with Gasteiger partial charge in [0.25, 0.3) is 0 Å². The second-order valence-electron chi connectivity index (χ2n) is 5.53. The molecule has 0 unspecified atom stereocenters. The summed E-state index contributed by atoms with van der Waals surface area (Å²) in [5, 5.41) is 8.98. The molecule has 0 spiro atoms. The Bertz CT molecular complexity index is 728. The molecule has 1 aliphatic heterocycles. The molecule has 1 amide bonds. The summed E-state index contributed by atoms with van der Waals surface area (Å²) >= 11 is 0. The summed E-state index contributed by atoms with van der Waals surface area (Å²) in [5.74, 6) is 0.705. The zero-order valence-electron chi connectivity index (χ0n) is 12.5. The highest BCUT2D eigenvalue weighted by molar-refractivity contribution is 5.79. The summed E-state index contributed by atoms with van der Waals surface area (Å²) in [6.45, 7) is 0.890. The van der Waals surface area contributed by atoms with Gasteiger partial charge in [0.15, 0.2) is 0 Å². The molecule has 0 bridgehead atoms. The van der Waals surface area contributed by atoms with Gasteiger partial charge < -0.3 is 14.7 Å². The van der Waals surface area contributed by atoms with E-state index in [9.17, 15) is 9.59 Å². The molecular weight excluding hydrogens is 294 g/mol. The number of amides is 1. The number of likely N-dealkylation sites (tertiary alicyclic amines) is 1. The van der Waals surface area contributed by atoms with Gasteiger partial charge >= 0.3 is 6.09 Å². The number of nitrogens with zero attached hydrogens (tertiary/aromatic N) is 1. The maximum atomic E-state index is 10.9. The Balaban J connectivity index is 1.75. The third-order valence-corrected chi connectivity index (χ3v) is 3.91. The molecule has 5 heteroatoms. The normalized spacial score (nSPS) is 17.0. The van der Waals surface area contributed by atoms with Crippen molar-refractivity contribution in [2.75, 3.05) is 13.1 Å². The van der Waals surface area contributed by atoms with Crippen molar-refractivity contribution >= 4 is 12.4 Å². The maximum absolute atomic E-state index is 10.9. The lowest BCUT2D eigenvalue weighted by atomic mass is 10.0. The minimum absolute atomic E-state index is 0.123. The van der Waals surface area contributed by atoms with Crippen molar-refractivity contribution in [3.8, 4) is 16.9 Å². The number of benzene rings is 2. The summed E-state index contributed by atoms with van der Waals surface area (Å²) < 4.78 is 5.90. The van der Waals surface area contributed by atoms with E-state index in [0.29, 0.717) is 30.8 Å². The van der Waals surface area contributed by atoms with Crippen LogP contribution in [0.1, 0.15) is 16.8 Å². The number of rotatable bonds is 4. The highest BCUT2D eigenvalue weighted by atomic mass is 16.5. The van der Waals surface area contributed by atoms with Gasteiger partial charge in [-0.3, -0.25) is 4.79 Å². The molecule has 2 aromatic rings. The van der Waals surface area contributed by atoms with Crippen LogP contribution in [-0.2, 0) is 0 Å². The summed E-state index contributed by atoms with van der Waals surface area (Å²) in [6.07, 6.45) is 0.484. The lowest BCUT2D eigenvalue weighted by Crippen LogP contribution is -2.29. The van der Waals surface area contributed by atoms with Gasteiger partial charge in [0.2, 0.25) is 0 Å². The lowest BCUT2D eigenvalue weighted by Gasteiger charge is -2.15. The maximum Gasteiger partial charge on any atom is 0.407 e. The first kappa shape index (κ1) is 15.1. The molecular formula is C18H17NO4. The van der Waals surface area contributed by atoms with Crippen LogP contribution in [0.25, 0.3) is 11.1 Å². The molecule has 1 heterocycles. The van der Waals surface area contributed by atoms with Crippen LogP contribution in [0.15, 0.2) is 48.5 Å². The van der Waals surface area contributed by atoms with Gasteiger partial charge in [-0.25, -0.2) is 4.79 Å². The van der Waals surface area contributed by atoms with E-state index in [1.165, 1.54) is 4.90 Å². The minimum atomic E-state index is -0.907. The average Bonchev–Trinajstić information content (AvgIpc) is 3.04. The molecule has 1 fully saturated rings. The van der Waals surface area contributed by atoms with Gasteiger partial charge in [-0.1, -0.05) is 30.3 Å². The lowest BCUT2D eigenvalue weighted by molar-refractivity contribution is 0.112. The van der Waals surface area contributed by atoms with Crippen molar-refractivity contribution in [2.45, 2.75) is 12.5 Å². The molecule has 118 valence electrons. The molecule has 23 heavy (non-hydrogen) atoms. The average molecular weight is 311 g/mol. The van der Waals surface area contributed by atoms with Gasteiger partial charge in [0.1, 0.15) is 18.1 Å². The summed E-state index contributed by atoms with van der Waals surface area (Å²) in [6, 6.07) is 15.0. The van der Waals surface area contributed by atoms with Crippen molar-refractivity contribution in [3.63, 3.8) is 0 Å². The molecule has 0 saturated carbocycles. The fourth-order valence-corrected chi connectivity index (χ4v) is 2.73. The third kappa shape index (κ3) is 3.51. The Morgan fingerprint density at radius 1 is 1.17 bits per heavy atom. The Kier molecular flexibility index (Phi) is 4.28. The largest absolute Gasteiger partial charge is 0.488 e. The molecule has 2 aromatic carbocycles. The standard InChI is InChI=1S/C18H17NO4/c20-12-13-3-1-4-14(9-13)15-5-2-6-16(10-15)23-17-7-8-19(11-17)18(21)22/h1-6,9-10,12,17H,7-8,11H2,(H,21,22)/t17-/m0/s1. The highest BCUT2D eigenvalue weighted by Crippen LogP contribution is 2.26. The fraction of sp³-hybridized carbons (Fsp3) is 0.222. The second-order valence-corrected chi connectivity index (χ2v) is 5.53. The highest BCUT2D eigenvalue weighted by Gasteiger charge is 2.27. The van der Waals surface area contributed by atoms with Gasteiger partial charge in [-0.05, 0) is 29.3 Å². The van der Waals surface area contributed by atoms with Crippen molar-refractivity contribution < 1.29 is 19.4 Å². The van der Waals surface area contributed by atoms with Gasteiger partial charge in [-0.2, -0.15) is 0 Å². The number of carboxylic acid groups (broad SMARTS) is 1. The van der Waals surface area contributed by atoms with Crippen LogP contribution in [0, 0.1) is 0 Å². The molecule has 1 aliphatic rings. The van der Waals surface area contributed by atoms with E-state index < -0.39 is 6.09 Å². The smallest absolute Gasteiger partial charge is 0.407 e. The Morgan fingerprint density at radius 3 is 2.61 bits per heavy atom. The van der Waals surface area contributed by atoms with E-state index >= 15 is 0 Å². The van der Waals surface area contributed by atoms with Crippen LogP contribution in [-0.4, -0.2) is 41.6 Å². The molecule has 1 saturated heterocycles. The number of ether oxygens (including phenoxy) is 1. The Hall–Kier alpha value is -2.82. The molecule has 0 radical (unpaired) electrons. The summed E-state index contributed by atoms with van der Waals surface area (Å²) in [5.41, 5.74) is 2.53. The number of aldehydes is 1. The Morgan fingerprint density at radius 2 is 1.91 bits per heavy atom. The van der Waals surface area contributed by atoms with E-state index in [1.54, 1.807) is 6.07 Å². The molecule has 5 nitrogen and oxygen atoms in total. The second kappa shape index (κ2) is 6.52. The zero-order chi connectivity index (χ0) is 16.2. The van der Waals surface area contributed by atoms with Gasteiger partial charge in [0, 0.05) is 18.5 Å². The van der Waals surface area contributed by atoms with Crippen LogP contribution in [0.4, 0.5) is 4.79 Å². The number of carbonyl (C=O) groups is 2. The SMILES string of the molecule is O=Cc1cccc(-c2cccc(O[C@H]3CCN(C(=O)O)C3)c2)c1. The quantitative estimate of drug-likeness (QED) is 0.880. The minimum Gasteiger partial charge on any atom is -0.488 e. The first-order valence-electron chi connectivity index (χ1n) is 7.46. The van der Waals surface area contributed by atoms with E-state index in [0.717, 1.165) is 17.4 Å². The summed E-state index contributed by atoms with van der Waals surface area (Å²) in [7, 11) is 0. The predicted molar refractivity (Wildman–Crippen MR) is 85.9 cm³/mol. The van der Waals surface area contributed by atoms with Crippen molar-refractivity contribution in [2.24, 2.45) is 0 Å². The van der Waals surface area contributed by atoms with E-state index in [2.05, 4.69) is 0 Å². The molecule has 3 rings (SSSR count). The monoisotopic (exact) mass is 311 g/mol. The molecule has 0 aromatic heterocycles. The predicted octanol–water partition coefficient (Wildman–Crippen LogP) is 3.30. The van der Waals surface area contributed by atoms with Crippen LogP contribution in [0.2, 0.25) is 0 Å². The topological polar surface area (TPSA) is 66.8 Å². The fourth-order valence-electron chi connectivity index (χ4n) is 2.73. The third-order valence-electron chi connectivity index (χ3n) is 3.91. The number of hydrogen-bond donors (Lipinski definition) is 1. The first-order chi connectivity index (χ1) is 11.2. The van der Waals surface area contributed by atoms with E-state index in [-0.39, 0.29) is 6.10 Å². The first-order valence-corrected chi connectivity index (χ1v) is 7.46. The molecule has 0 aliphatic carbocycles. The molecule has 1 atom stereocenters. The van der Waals surface area contributed by atoms with Crippen molar-refractivity contribution in [1.29, 1.82) is 0 Å². The van der Waals surface area contributed by atoms with Gasteiger partial charge in [0.05, 0.1) is 6.54 Å². The Labute approximate surface area is 134 Å². The summed E-state index contributed by atoms with van der Waals surface area (Å²) in [4.78, 5) is 23.2.